The van der Waals surface area contributed by atoms with Crippen LogP contribution in [0, 0.1) is 13.8 Å². The first kappa shape index (κ1) is 17.4. The van der Waals surface area contributed by atoms with E-state index in [0.29, 0.717) is 4.53 Å². The zero-order chi connectivity index (χ0) is 19.3. The van der Waals surface area contributed by atoms with Gasteiger partial charge in [-0.25, -0.2) is 9.38 Å². The highest BCUT2D eigenvalue weighted by Gasteiger charge is 2.14. The van der Waals surface area contributed by atoms with E-state index in [0.717, 1.165) is 59.0 Å². The van der Waals surface area contributed by atoms with Gasteiger partial charge >= 0.3 is 0 Å². The maximum atomic E-state index is 13.0. The van der Waals surface area contributed by atoms with Crippen molar-refractivity contribution in [3.63, 3.8) is 0 Å². The van der Waals surface area contributed by atoms with Crippen molar-refractivity contribution in [2.75, 3.05) is 31.2 Å². The lowest BCUT2D eigenvalue weighted by Crippen LogP contribution is -2.36. The first-order valence-electron chi connectivity index (χ1n) is 9.47. The first-order valence-corrected chi connectivity index (χ1v) is 10.3. The van der Waals surface area contributed by atoms with Crippen molar-refractivity contribution in [1.82, 2.24) is 9.38 Å². The average molecular weight is 391 g/mol. The molecule has 0 bridgehead atoms. The largest absolute Gasteiger partial charge is 0.378 e. The van der Waals surface area contributed by atoms with Gasteiger partial charge in [0.25, 0.3) is 5.56 Å². The minimum absolute atomic E-state index is 0.00440. The van der Waals surface area contributed by atoms with Crippen LogP contribution in [0.25, 0.3) is 22.1 Å². The van der Waals surface area contributed by atoms with Crippen LogP contribution in [0.1, 0.15) is 16.7 Å². The minimum atomic E-state index is 0.00440. The number of nitrogens with zero attached hydrogens (tertiary/aromatic N) is 3. The molecule has 142 valence electrons. The summed E-state index contributed by atoms with van der Waals surface area (Å²) in [6, 6.07) is 12.5. The van der Waals surface area contributed by atoms with Gasteiger partial charge in [-0.1, -0.05) is 29.5 Å². The zero-order valence-electron chi connectivity index (χ0n) is 15.9. The molecular weight excluding hydrogens is 370 g/mol. The predicted molar refractivity (Wildman–Crippen MR) is 115 cm³/mol. The van der Waals surface area contributed by atoms with Gasteiger partial charge in [0.05, 0.1) is 28.8 Å². The number of imidazole rings is 1. The van der Waals surface area contributed by atoms with Crippen LogP contribution in [0.3, 0.4) is 0 Å². The molecule has 0 aliphatic carbocycles. The monoisotopic (exact) mass is 391 g/mol. The Balaban J connectivity index is 1.56. The SMILES string of the molecule is Cc1cc(C)c2nc3s/c(=C\c4ccc(N5CCOCC5)cc4)c(=O)n3c2c1. The van der Waals surface area contributed by atoms with E-state index in [4.69, 9.17) is 9.72 Å². The topological polar surface area (TPSA) is 46.8 Å². The van der Waals surface area contributed by atoms with Gasteiger partial charge in [-0.05, 0) is 54.8 Å². The predicted octanol–water partition coefficient (Wildman–Crippen LogP) is 2.91. The van der Waals surface area contributed by atoms with Crippen LogP contribution >= 0.6 is 11.3 Å². The van der Waals surface area contributed by atoms with Crippen molar-refractivity contribution < 1.29 is 4.74 Å². The van der Waals surface area contributed by atoms with E-state index in [1.54, 1.807) is 4.40 Å². The molecule has 2 aromatic heterocycles. The number of anilines is 1. The van der Waals surface area contributed by atoms with E-state index in [9.17, 15) is 4.79 Å². The molecule has 3 heterocycles. The Bertz CT molecular complexity index is 1280. The molecule has 0 spiro atoms. The fourth-order valence-electron chi connectivity index (χ4n) is 3.86. The zero-order valence-corrected chi connectivity index (χ0v) is 16.8. The van der Waals surface area contributed by atoms with Gasteiger partial charge in [-0.2, -0.15) is 0 Å². The summed E-state index contributed by atoms with van der Waals surface area (Å²) < 4.78 is 7.87. The summed E-state index contributed by atoms with van der Waals surface area (Å²) in [5.41, 5.74) is 6.28. The minimum Gasteiger partial charge on any atom is -0.378 e. The molecule has 1 aliphatic heterocycles. The van der Waals surface area contributed by atoms with Crippen LogP contribution in [0.5, 0.6) is 0 Å². The number of fused-ring (bicyclic) bond motifs is 3. The smallest absolute Gasteiger partial charge is 0.274 e. The molecule has 6 heteroatoms. The highest BCUT2D eigenvalue weighted by molar-refractivity contribution is 7.15. The number of ether oxygens (including phenoxy) is 1. The molecule has 1 saturated heterocycles. The molecule has 0 amide bonds. The van der Waals surface area contributed by atoms with Crippen LogP contribution in [0.15, 0.2) is 41.2 Å². The number of morpholine rings is 1. The summed E-state index contributed by atoms with van der Waals surface area (Å²) in [6.07, 6.45) is 1.96. The average Bonchev–Trinajstić information content (AvgIpc) is 3.20. The summed E-state index contributed by atoms with van der Waals surface area (Å²) >= 11 is 1.45. The number of benzene rings is 2. The molecule has 2 aromatic carbocycles. The molecule has 28 heavy (non-hydrogen) atoms. The van der Waals surface area contributed by atoms with Crippen molar-refractivity contribution in [1.29, 1.82) is 0 Å². The lowest BCUT2D eigenvalue weighted by atomic mass is 10.1. The maximum absolute atomic E-state index is 13.0. The highest BCUT2D eigenvalue weighted by atomic mass is 32.1. The molecule has 0 atom stereocenters. The number of hydrogen-bond donors (Lipinski definition) is 0. The number of rotatable bonds is 2. The number of hydrogen-bond acceptors (Lipinski definition) is 5. The van der Waals surface area contributed by atoms with Crippen molar-refractivity contribution in [3.8, 4) is 0 Å². The van der Waals surface area contributed by atoms with Gasteiger partial charge in [-0.15, -0.1) is 0 Å². The van der Waals surface area contributed by atoms with Gasteiger partial charge in [0, 0.05) is 18.8 Å². The summed E-state index contributed by atoms with van der Waals surface area (Å²) in [6.45, 7) is 7.47. The summed E-state index contributed by atoms with van der Waals surface area (Å²) in [5, 5.41) is 0. The van der Waals surface area contributed by atoms with E-state index in [2.05, 4.69) is 35.2 Å². The third-order valence-electron chi connectivity index (χ3n) is 5.25. The van der Waals surface area contributed by atoms with E-state index < -0.39 is 0 Å². The van der Waals surface area contributed by atoms with Crippen LogP contribution < -0.4 is 15.0 Å². The molecule has 4 aromatic rings. The lowest BCUT2D eigenvalue weighted by Gasteiger charge is -2.28. The van der Waals surface area contributed by atoms with Gasteiger partial charge in [-0.3, -0.25) is 4.79 Å². The van der Waals surface area contributed by atoms with Crippen molar-refractivity contribution in [3.05, 3.63) is 68.0 Å². The summed E-state index contributed by atoms with van der Waals surface area (Å²) in [5.74, 6) is 0. The van der Waals surface area contributed by atoms with Crippen molar-refractivity contribution >= 4 is 39.1 Å². The van der Waals surface area contributed by atoms with E-state index >= 15 is 0 Å². The van der Waals surface area contributed by atoms with Gasteiger partial charge in [0.2, 0.25) is 0 Å². The second-order valence-corrected chi connectivity index (χ2v) is 8.30. The molecule has 0 unspecified atom stereocenters. The van der Waals surface area contributed by atoms with Crippen LogP contribution in [0.2, 0.25) is 0 Å². The Labute approximate surface area is 166 Å². The number of aryl methyl sites for hydroxylation is 2. The van der Waals surface area contributed by atoms with E-state index in [1.165, 1.54) is 17.0 Å². The Kier molecular flexibility index (Phi) is 4.18. The third kappa shape index (κ3) is 2.89. The number of aromatic nitrogens is 2. The molecule has 1 aliphatic rings. The van der Waals surface area contributed by atoms with Gasteiger partial charge < -0.3 is 9.64 Å². The van der Waals surface area contributed by atoms with Gasteiger partial charge in [0.15, 0.2) is 4.96 Å². The number of thiazole rings is 1. The van der Waals surface area contributed by atoms with Crippen LogP contribution in [-0.4, -0.2) is 35.7 Å². The van der Waals surface area contributed by atoms with Crippen LogP contribution in [-0.2, 0) is 4.74 Å². The van der Waals surface area contributed by atoms with Gasteiger partial charge in [0.1, 0.15) is 0 Å². The molecule has 5 rings (SSSR count). The molecule has 0 saturated carbocycles. The molecule has 0 radical (unpaired) electrons. The van der Waals surface area contributed by atoms with Crippen LogP contribution in [0.4, 0.5) is 5.69 Å². The van der Waals surface area contributed by atoms with Crippen molar-refractivity contribution in [2.45, 2.75) is 13.8 Å². The highest BCUT2D eigenvalue weighted by Crippen LogP contribution is 2.22. The maximum Gasteiger partial charge on any atom is 0.274 e. The lowest BCUT2D eigenvalue weighted by molar-refractivity contribution is 0.122. The fraction of sp³-hybridized carbons (Fsp3) is 0.273. The first-order chi connectivity index (χ1) is 13.6. The second kappa shape index (κ2) is 6.72. The Morgan fingerprint density at radius 1 is 1.11 bits per heavy atom. The molecule has 0 N–H and O–H groups in total. The Hall–Kier alpha value is -2.70. The third-order valence-corrected chi connectivity index (χ3v) is 6.22. The quantitative estimate of drug-likeness (QED) is 0.527. The fourth-order valence-corrected chi connectivity index (χ4v) is 4.84. The summed E-state index contributed by atoms with van der Waals surface area (Å²) in [7, 11) is 0. The second-order valence-electron chi connectivity index (χ2n) is 7.29. The van der Waals surface area contributed by atoms with E-state index in [-0.39, 0.29) is 5.56 Å². The standard InChI is InChI=1S/C22H21N3O2S/c1-14-11-15(2)20-18(12-14)25-21(26)19(28-22(25)23-20)13-16-3-5-17(6-4-16)24-7-9-27-10-8-24/h3-6,11-13H,7-10H2,1-2H3/b19-13-. The molecule has 5 nitrogen and oxygen atoms in total. The molecule has 1 fully saturated rings. The normalized spacial score (nSPS) is 15.8. The van der Waals surface area contributed by atoms with Crippen molar-refractivity contribution in [2.24, 2.45) is 0 Å². The Morgan fingerprint density at radius 3 is 2.61 bits per heavy atom. The summed E-state index contributed by atoms with van der Waals surface area (Å²) in [4.78, 5) is 20.8. The Morgan fingerprint density at radius 2 is 1.86 bits per heavy atom. The van der Waals surface area contributed by atoms with E-state index in [1.807, 2.05) is 26.0 Å². The molecular formula is C22H21N3O2S.